The van der Waals surface area contributed by atoms with Gasteiger partial charge in [0.2, 0.25) is 5.82 Å². The molecule has 0 aliphatic rings. The van der Waals surface area contributed by atoms with E-state index in [0.29, 0.717) is 0 Å². The van der Waals surface area contributed by atoms with Crippen LogP contribution in [0.1, 0.15) is 11.1 Å². The van der Waals surface area contributed by atoms with Gasteiger partial charge < -0.3 is 0 Å². The van der Waals surface area contributed by atoms with E-state index in [4.69, 9.17) is 0 Å². The summed E-state index contributed by atoms with van der Waals surface area (Å²) in [5.74, 6) is -12.7. The maximum Gasteiger partial charge on any atom is 0.333 e. The van der Waals surface area contributed by atoms with Crippen molar-refractivity contribution < 1.29 is 35.5 Å². The third-order valence-corrected chi connectivity index (χ3v) is 4.46. The van der Waals surface area contributed by atoms with Crippen LogP contribution in [0.25, 0.3) is 6.08 Å². The molecule has 138 valence electrons. The molecule has 0 aliphatic carbocycles. The molecule has 11 heteroatoms. The van der Waals surface area contributed by atoms with E-state index in [-0.39, 0.29) is 11.6 Å². The van der Waals surface area contributed by atoms with Crippen LogP contribution in [0.15, 0.2) is 29.3 Å². The molecule has 2 rings (SSSR count). The number of nitro groups is 1. The average Bonchev–Trinajstić information content (AvgIpc) is 2.60. The molecule has 0 saturated carbocycles. The van der Waals surface area contributed by atoms with Gasteiger partial charge in [-0.15, -0.1) is 0 Å². The van der Waals surface area contributed by atoms with Gasteiger partial charge in [0.05, 0.1) is 16.2 Å². The minimum absolute atomic E-state index is 0.0237. The van der Waals surface area contributed by atoms with E-state index < -0.39 is 67.0 Å². The molecule has 0 spiro atoms. The Hall–Kier alpha value is -2.69. The number of hydrogen-bond acceptors (Lipinski definition) is 3. The molecule has 0 aliphatic heterocycles. The number of hydrogen-bond donors (Lipinski definition) is 0. The lowest BCUT2D eigenvalue weighted by atomic mass is 10.1. The predicted octanol–water partition coefficient (Wildman–Crippen LogP) is 4.05. The molecule has 0 saturated heterocycles. The van der Waals surface area contributed by atoms with E-state index in [9.17, 15) is 40.7 Å². The zero-order valence-electron chi connectivity index (χ0n) is 12.4. The summed E-state index contributed by atoms with van der Waals surface area (Å²) in [5.41, 5.74) is -1.39. The highest BCUT2D eigenvalue weighted by Crippen LogP contribution is 2.26. The number of benzene rings is 2. The van der Waals surface area contributed by atoms with Gasteiger partial charge in [-0.1, -0.05) is 12.1 Å². The fraction of sp³-hybridized carbons (Fsp3) is 0.0667. The lowest BCUT2D eigenvalue weighted by molar-refractivity contribution is -0.409. The van der Waals surface area contributed by atoms with Crippen molar-refractivity contribution >= 4 is 16.9 Å². The molecular weight excluding hydrogens is 388 g/mol. The monoisotopic (exact) mass is 395 g/mol. The third kappa shape index (κ3) is 3.93. The smallest absolute Gasteiger partial charge is 0.258 e. The van der Waals surface area contributed by atoms with E-state index in [2.05, 4.69) is 0 Å². The van der Waals surface area contributed by atoms with Crippen LogP contribution >= 0.6 is 0 Å². The Morgan fingerprint density at radius 3 is 1.85 bits per heavy atom. The molecule has 0 amide bonds. The van der Waals surface area contributed by atoms with Crippen molar-refractivity contribution in [1.82, 2.24) is 0 Å². The normalized spacial score (nSPS) is 12.9. The van der Waals surface area contributed by atoms with Crippen LogP contribution in [0.4, 0.5) is 26.3 Å². The van der Waals surface area contributed by atoms with Gasteiger partial charge in [0.25, 0.3) is 0 Å². The molecule has 2 aromatic carbocycles. The molecule has 2 aromatic rings. The van der Waals surface area contributed by atoms with Crippen molar-refractivity contribution in [1.29, 1.82) is 0 Å². The maximum atomic E-state index is 13.6. The fourth-order valence-electron chi connectivity index (χ4n) is 1.88. The summed E-state index contributed by atoms with van der Waals surface area (Å²) < 4.78 is 91.5. The molecule has 1 unspecified atom stereocenters. The van der Waals surface area contributed by atoms with Gasteiger partial charge in [-0.25, -0.2) is 30.6 Å². The highest BCUT2D eigenvalue weighted by molar-refractivity contribution is 7.88. The summed E-state index contributed by atoms with van der Waals surface area (Å²) in [5, 5.41) is 9.75. The fourth-order valence-corrected chi connectivity index (χ4v) is 2.94. The molecule has 26 heavy (non-hydrogen) atoms. The second-order valence-corrected chi connectivity index (χ2v) is 6.24. The predicted molar refractivity (Wildman–Crippen MR) is 79.4 cm³/mol. The second kappa shape index (κ2) is 7.68. The Labute approximate surface area is 144 Å². The highest BCUT2D eigenvalue weighted by atomic mass is 32.2. The topological polar surface area (TPSA) is 60.2 Å². The first-order chi connectivity index (χ1) is 12.1. The van der Waals surface area contributed by atoms with E-state index >= 15 is 0 Å². The summed E-state index contributed by atoms with van der Waals surface area (Å²) in [6, 6.07) is 4.32. The van der Waals surface area contributed by atoms with Crippen LogP contribution in [0.5, 0.6) is 0 Å². The van der Waals surface area contributed by atoms with Crippen LogP contribution in [0.2, 0.25) is 0 Å². The SMILES string of the molecule is O=[N+]([O-])/C(=C/c1c(F)c(F)c(F)c(F)c1F)S(=O)Cc1ccc(F)cc1. The minimum Gasteiger partial charge on any atom is -0.258 e. The van der Waals surface area contributed by atoms with E-state index in [0.717, 1.165) is 12.1 Å². The third-order valence-electron chi connectivity index (χ3n) is 3.14. The zero-order chi connectivity index (χ0) is 19.6. The Bertz CT molecular complexity index is 901. The van der Waals surface area contributed by atoms with Gasteiger partial charge in [-0.3, -0.25) is 10.1 Å². The molecule has 0 N–H and O–H groups in total. The van der Waals surface area contributed by atoms with Crippen LogP contribution < -0.4 is 0 Å². The lowest BCUT2D eigenvalue weighted by Crippen LogP contribution is -2.10. The quantitative estimate of drug-likeness (QED) is 0.252. The van der Waals surface area contributed by atoms with Crippen molar-refractivity contribution in [3.63, 3.8) is 0 Å². The number of rotatable bonds is 5. The average molecular weight is 395 g/mol. The van der Waals surface area contributed by atoms with Crippen molar-refractivity contribution in [2.75, 3.05) is 0 Å². The van der Waals surface area contributed by atoms with Gasteiger partial charge >= 0.3 is 5.03 Å². The largest absolute Gasteiger partial charge is 0.333 e. The van der Waals surface area contributed by atoms with Gasteiger partial charge in [-0.05, 0) is 17.7 Å². The minimum atomic E-state index is -2.51. The van der Waals surface area contributed by atoms with Crippen molar-refractivity contribution in [2.24, 2.45) is 0 Å². The first-order valence-electron chi connectivity index (χ1n) is 6.63. The van der Waals surface area contributed by atoms with Gasteiger partial charge in [0, 0.05) is 6.08 Å². The van der Waals surface area contributed by atoms with Crippen LogP contribution in [0, 0.1) is 45.0 Å². The van der Waals surface area contributed by atoms with Gasteiger partial charge in [0.15, 0.2) is 23.3 Å². The number of halogens is 6. The van der Waals surface area contributed by atoms with Crippen molar-refractivity contribution in [3.05, 3.63) is 85.4 Å². The molecule has 0 fully saturated rings. The van der Waals surface area contributed by atoms with Gasteiger partial charge in [-0.2, -0.15) is 0 Å². The number of nitrogens with zero attached hydrogens (tertiary/aromatic N) is 1. The van der Waals surface area contributed by atoms with E-state index in [1.54, 1.807) is 0 Å². The summed E-state index contributed by atoms with van der Waals surface area (Å²) in [4.78, 5) is 9.76. The molecule has 4 nitrogen and oxygen atoms in total. The summed E-state index contributed by atoms with van der Waals surface area (Å²) in [6.07, 6.45) is 0.0237. The van der Waals surface area contributed by atoms with Crippen LogP contribution in [0.3, 0.4) is 0 Å². The lowest BCUT2D eigenvalue weighted by Gasteiger charge is -2.05. The molecule has 0 radical (unpaired) electrons. The summed E-state index contributed by atoms with van der Waals surface area (Å²) in [6.45, 7) is 0. The van der Waals surface area contributed by atoms with Crippen LogP contribution in [-0.2, 0) is 16.6 Å². The van der Waals surface area contributed by atoms with Gasteiger partial charge in [0.1, 0.15) is 16.6 Å². The summed E-state index contributed by atoms with van der Waals surface area (Å²) >= 11 is 0. The Kier molecular flexibility index (Phi) is 5.80. The van der Waals surface area contributed by atoms with E-state index in [1.807, 2.05) is 0 Å². The zero-order valence-corrected chi connectivity index (χ0v) is 13.3. The highest BCUT2D eigenvalue weighted by Gasteiger charge is 2.28. The first kappa shape index (κ1) is 19.6. The maximum absolute atomic E-state index is 13.6. The van der Waals surface area contributed by atoms with Crippen molar-refractivity contribution in [2.45, 2.75) is 5.75 Å². The second-order valence-electron chi connectivity index (χ2n) is 4.84. The Morgan fingerprint density at radius 2 is 1.38 bits per heavy atom. The van der Waals surface area contributed by atoms with Crippen LogP contribution in [-0.4, -0.2) is 9.13 Å². The first-order valence-corrected chi connectivity index (χ1v) is 7.95. The molecule has 1 atom stereocenters. The Morgan fingerprint density at radius 1 is 0.923 bits per heavy atom. The van der Waals surface area contributed by atoms with E-state index in [1.165, 1.54) is 12.1 Å². The summed E-state index contributed by atoms with van der Waals surface area (Å²) in [7, 11) is -2.51. The Balaban J connectivity index is 2.49. The standard InChI is InChI=1S/C15H7F6NO3S/c16-8-3-1-7(2-4-8)6-26(25)10(22(23)24)5-9-11(17)13(19)15(21)14(20)12(9)18/h1-5H,6H2/b10-5-. The van der Waals surface area contributed by atoms with Crippen molar-refractivity contribution in [3.8, 4) is 0 Å². The molecular formula is C15H7F6NO3S. The molecule has 0 bridgehead atoms. The molecule has 0 heterocycles. The molecule has 0 aromatic heterocycles.